The van der Waals surface area contributed by atoms with Gasteiger partial charge in [-0.25, -0.2) is 5.43 Å². The van der Waals surface area contributed by atoms with Gasteiger partial charge in [0.1, 0.15) is 6.04 Å². The van der Waals surface area contributed by atoms with Crippen molar-refractivity contribution in [1.29, 1.82) is 0 Å². The first-order valence-electron chi connectivity index (χ1n) is 9.20. The van der Waals surface area contributed by atoms with Crippen molar-refractivity contribution in [3.63, 3.8) is 0 Å². The van der Waals surface area contributed by atoms with Gasteiger partial charge in [0.15, 0.2) is 0 Å². The smallest absolute Gasteiger partial charge is 0.238 e. The minimum Gasteiger partial charge on any atom is -0.353 e. The third kappa shape index (κ3) is 4.32. The fraction of sp³-hybridized carbons (Fsp3) is 0.667. The predicted molar refractivity (Wildman–Crippen MR) is 94.2 cm³/mol. The maximum Gasteiger partial charge on any atom is 0.238 e. The SMILES string of the molecule is CCCC1CC(C(=O)NCC(c2cccnc2)N2CCCC2)NN1. The summed E-state index contributed by atoms with van der Waals surface area (Å²) < 4.78 is 0. The Kier molecular flexibility index (Phi) is 6.18. The number of hydrazine groups is 1. The van der Waals surface area contributed by atoms with Gasteiger partial charge in [-0.2, -0.15) is 0 Å². The van der Waals surface area contributed by atoms with Gasteiger partial charge in [0.05, 0.1) is 6.04 Å². The normalized spacial score (nSPS) is 25.7. The van der Waals surface area contributed by atoms with Crippen LogP contribution in [0.2, 0.25) is 0 Å². The van der Waals surface area contributed by atoms with Crippen LogP contribution in [0.5, 0.6) is 0 Å². The van der Waals surface area contributed by atoms with Gasteiger partial charge in [-0.1, -0.05) is 19.4 Å². The number of likely N-dealkylation sites (tertiary alicyclic amines) is 1. The summed E-state index contributed by atoms with van der Waals surface area (Å²) >= 11 is 0. The van der Waals surface area contributed by atoms with Gasteiger partial charge in [0.2, 0.25) is 5.91 Å². The van der Waals surface area contributed by atoms with Crippen LogP contribution in [0.25, 0.3) is 0 Å². The number of hydrogen-bond donors (Lipinski definition) is 3. The van der Waals surface area contributed by atoms with E-state index in [2.05, 4.69) is 39.0 Å². The Hall–Kier alpha value is -1.50. The molecule has 2 fully saturated rings. The van der Waals surface area contributed by atoms with Crippen LogP contribution < -0.4 is 16.2 Å². The molecule has 1 amide bonds. The molecule has 0 bridgehead atoms. The average Bonchev–Trinajstić information content (AvgIpc) is 3.28. The van der Waals surface area contributed by atoms with Gasteiger partial charge in [0.25, 0.3) is 0 Å². The van der Waals surface area contributed by atoms with Crippen molar-refractivity contribution >= 4 is 5.91 Å². The molecule has 132 valence electrons. The largest absolute Gasteiger partial charge is 0.353 e. The van der Waals surface area contributed by atoms with Crippen LogP contribution in [0.3, 0.4) is 0 Å². The van der Waals surface area contributed by atoms with E-state index in [1.54, 1.807) is 6.20 Å². The molecule has 0 radical (unpaired) electrons. The molecule has 1 aromatic heterocycles. The summed E-state index contributed by atoms with van der Waals surface area (Å²) in [5.74, 6) is 0.0918. The fourth-order valence-corrected chi connectivity index (χ4v) is 3.74. The summed E-state index contributed by atoms with van der Waals surface area (Å²) in [6.07, 6.45) is 9.28. The van der Waals surface area contributed by atoms with Crippen molar-refractivity contribution in [2.75, 3.05) is 19.6 Å². The Morgan fingerprint density at radius 1 is 1.42 bits per heavy atom. The highest BCUT2D eigenvalue weighted by atomic mass is 16.2. The second-order valence-electron chi connectivity index (χ2n) is 6.85. The number of nitrogens with one attached hydrogen (secondary N) is 3. The molecule has 6 nitrogen and oxygen atoms in total. The highest BCUT2D eigenvalue weighted by molar-refractivity contribution is 5.82. The Bertz CT molecular complexity index is 517. The van der Waals surface area contributed by atoms with Gasteiger partial charge in [0, 0.05) is 25.0 Å². The van der Waals surface area contributed by atoms with Crippen LogP contribution >= 0.6 is 0 Å². The zero-order chi connectivity index (χ0) is 16.8. The molecule has 0 aromatic carbocycles. The maximum absolute atomic E-state index is 12.5. The number of hydrogen-bond acceptors (Lipinski definition) is 5. The fourth-order valence-electron chi connectivity index (χ4n) is 3.74. The van der Waals surface area contributed by atoms with Crippen LogP contribution in [0.1, 0.15) is 50.6 Å². The molecule has 0 spiro atoms. The molecule has 3 N–H and O–H groups in total. The summed E-state index contributed by atoms with van der Waals surface area (Å²) in [5.41, 5.74) is 7.55. The van der Waals surface area contributed by atoms with Gasteiger partial charge in [-0.15, -0.1) is 0 Å². The minimum absolute atomic E-state index is 0.0918. The molecule has 2 aliphatic heterocycles. The van der Waals surface area contributed by atoms with Crippen LogP contribution in [-0.4, -0.2) is 47.5 Å². The Morgan fingerprint density at radius 3 is 2.96 bits per heavy atom. The second-order valence-corrected chi connectivity index (χ2v) is 6.85. The zero-order valence-corrected chi connectivity index (χ0v) is 14.5. The minimum atomic E-state index is -0.130. The quantitative estimate of drug-likeness (QED) is 0.704. The van der Waals surface area contributed by atoms with Gasteiger partial charge in [-0.05, 0) is 50.4 Å². The molecule has 24 heavy (non-hydrogen) atoms. The zero-order valence-electron chi connectivity index (χ0n) is 14.5. The lowest BCUT2D eigenvalue weighted by atomic mass is 10.0. The van der Waals surface area contributed by atoms with E-state index in [4.69, 9.17) is 0 Å². The number of nitrogens with zero attached hydrogens (tertiary/aromatic N) is 2. The molecule has 3 rings (SSSR count). The van der Waals surface area contributed by atoms with Gasteiger partial charge in [-0.3, -0.25) is 20.1 Å². The van der Waals surface area contributed by atoms with Crippen LogP contribution in [0.4, 0.5) is 0 Å². The van der Waals surface area contributed by atoms with E-state index in [-0.39, 0.29) is 18.0 Å². The van der Waals surface area contributed by atoms with Crippen molar-refractivity contribution in [2.24, 2.45) is 0 Å². The summed E-state index contributed by atoms with van der Waals surface area (Å²) in [4.78, 5) is 19.2. The molecular formula is C18H29N5O. The second kappa shape index (κ2) is 8.55. The first kappa shape index (κ1) is 17.3. The van der Waals surface area contributed by atoms with Crippen LogP contribution in [0.15, 0.2) is 24.5 Å². The number of rotatable bonds is 7. The summed E-state index contributed by atoms with van der Waals surface area (Å²) in [5, 5.41) is 3.15. The molecule has 6 heteroatoms. The van der Waals surface area contributed by atoms with Crippen molar-refractivity contribution in [2.45, 2.75) is 57.2 Å². The predicted octanol–water partition coefficient (Wildman–Crippen LogP) is 1.37. The summed E-state index contributed by atoms with van der Waals surface area (Å²) in [7, 11) is 0. The van der Waals surface area contributed by atoms with Crippen molar-refractivity contribution in [1.82, 2.24) is 26.1 Å². The van der Waals surface area contributed by atoms with E-state index in [1.165, 1.54) is 18.4 Å². The van der Waals surface area contributed by atoms with Crippen molar-refractivity contribution < 1.29 is 4.79 Å². The maximum atomic E-state index is 12.5. The van der Waals surface area contributed by atoms with Gasteiger partial charge >= 0.3 is 0 Å². The Balaban J connectivity index is 1.56. The molecule has 0 aliphatic carbocycles. The van der Waals surface area contributed by atoms with E-state index >= 15 is 0 Å². The van der Waals surface area contributed by atoms with Crippen molar-refractivity contribution in [3.8, 4) is 0 Å². The number of pyridine rings is 1. The van der Waals surface area contributed by atoms with Crippen molar-refractivity contribution in [3.05, 3.63) is 30.1 Å². The molecule has 2 saturated heterocycles. The first-order valence-corrected chi connectivity index (χ1v) is 9.20. The lowest BCUT2D eigenvalue weighted by molar-refractivity contribution is -0.123. The van der Waals surface area contributed by atoms with Gasteiger partial charge < -0.3 is 5.32 Å². The van der Waals surface area contributed by atoms with E-state index in [0.717, 1.165) is 32.4 Å². The topological polar surface area (TPSA) is 69.3 Å². The number of aromatic nitrogens is 1. The monoisotopic (exact) mass is 331 g/mol. The highest BCUT2D eigenvalue weighted by Gasteiger charge is 2.30. The molecule has 3 atom stereocenters. The number of carbonyl (C=O) groups excluding carboxylic acids is 1. The summed E-state index contributed by atoms with van der Waals surface area (Å²) in [6, 6.07) is 4.56. The first-order chi connectivity index (χ1) is 11.8. The molecule has 1 aromatic rings. The molecule has 0 saturated carbocycles. The van der Waals surface area contributed by atoms with E-state index in [9.17, 15) is 4.79 Å². The molecular weight excluding hydrogens is 302 g/mol. The molecule has 2 aliphatic rings. The van der Waals surface area contributed by atoms with Crippen LogP contribution in [-0.2, 0) is 4.79 Å². The average molecular weight is 331 g/mol. The lowest BCUT2D eigenvalue weighted by Crippen LogP contribution is -2.46. The standard InChI is InChI=1S/C18H29N5O/c1-2-6-15-11-16(22-21-15)18(24)20-13-17(23-9-3-4-10-23)14-7-5-8-19-12-14/h5,7-8,12,15-17,21-22H,2-4,6,9-11,13H2,1H3,(H,20,24). The highest BCUT2D eigenvalue weighted by Crippen LogP contribution is 2.24. The third-order valence-electron chi connectivity index (χ3n) is 5.06. The van der Waals surface area contributed by atoms with Crippen LogP contribution in [0, 0.1) is 0 Å². The van der Waals surface area contributed by atoms with E-state index < -0.39 is 0 Å². The molecule has 3 heterocycles. The Morgan fingerprint density at radius 2 is 2.25 bits per heavy atom. The number of amides is 1. The van der Waals surface area contributed by atoms with E-state index in [0.29, 0.717) is 12.6 Å². The third-order valence-corrected chi connectivity index (χ3v) is 5.06. The lowest BCUT2D eigenvalue weighted by Gasteiger charge is -2.28. The van der Waals surface area contributed by atoms with E-state index in [1.807, 2.05) is 12.3 Å². The number of carbonyl (C=O) groups is 1. The summed E-state index contributed by atoms with van der Waals surface area (Å²) in [6.45, 7) is 5.00. The molecule has 3 unspecified atom stereocenters. The Labute approximate surface area is 144 Å².